The number of pyridine rings is 1. The highest BCUT2D eigenvalue weighted by Crippen LogP contribution is 2.29. The maximum atomic E-state index is 12.2. The van der Waals surface area contributed by atoms with Gasteiger partial charge in [-0.15, -0.1) is 0 Å². The van der Waals surface area contributed by atoms with E-state index in [0.29, 0.717) is 36.9 Å². The van der Waals surface area contributed by atoms with Gasteiger partial charge < -0.3 is 19.5 Å². The number of para-hydroxylation sites is 1. The van der Waals surface area contributed by atoms with Crippen molar-refractivity contribution in [1.29, 1.82) is 0 Å². The highest BCUT2D eigenvalue weighted by molar-refractivity contribution is 6.03. The van der Waals surface area contributed by atoms with E-state index in [4.69, 9.17) is 14.2 Å². The third-order valence-corrected chi connectivity index (χ3v) is 4.30. The van der Waals surface area contributed by atoms with E-state index in [0.717, 1.165) is 11.9 Å². The number of nitrogens with zero attached hydrogens (tertiary/aromatic N) is 2. The van der Waals surface area contributed by atoms with Gasteiger partial charge >= 0.3 is 5.69 Å². The van der Waals surface area contributed by atoms with Crippen LogP contribution in [-0.2, 0) is 4.79 Å². The summed E-state index contributed by atoms with van der Waals surface area (Å²) in [5, 5.41) is 13.5. The fourth-order valence-electron chi connectivity index (χ4n) is 2.83. The second-order valence-electron chi connectivity index (χ2n) is 6.62. The normalized spacial score (nSPS) is 10.6. The maximum Gasteiger partial charge on any atom is 0.310 e. The standard InChI is InChI=1S/C24H23N3O6/c1-2-31-23-16-18(8-10-22(23)33-15-14-32-19-6-4-3-5-7-19)9-11-24(28)26-20-12-13-25-17-21(20)27(29)30/h3-13,16-17H,2,14-15H2,1H3,(H,25,26,28)/b11-9+. The molecule has 1 aromatic heterocycles. The first-order valence-electron chi connectivity index (χ1n) is 10.2. The van der Waals surface area contributed by atoms with Crippen LogP contribution in [0.4, 0.5) is 11.4 Å². The summed E-state index contributed by atoms with van der Waals surface area (Å²) in [5.74, 6) is 1.34. The summed E-state index contributed by atoms with van der Waals surface area (Å²) in [5.41, 5.74) is 0.488. The Hall–Kier alpha value is -4.40. The molecule has 2 aromatic carbocycles. The van der Waals surface area contributed by atoms with Gasteiger partial charge in [0.1, 0.15) is 30.8 Å². The Bertz CT molecular complexity index is 1120. The van der Waals surface area contributed by atoms with Crippen LogP contribution >= 0.6 is 0 Å². The molecule has 0 aliphatic heterocycles. The predicted molar refractivity (Wildman–Crippen MR) is 124 cm³/mol. The topological polar surface area (TPSA) is 113 Å². The summed E-state index contributed by atoms with van der Waals surface area (Å²) in [4.78, 5) is 26.4. The van der Waals surface area contributed by atoms with Crippen molar-refractivity contribution in [2.75, 3.05) is 25.1 Å². The van der Waals surface area contributed by atoms with E-state index < -0.39 is 10.8 Å². The average molecular weight is 449 g/mol. The first-order valence-corrected chi connectivity index (χ1v) is 10.2. The number of carbonyl (C=O) groups excluding carboxylic acids is 1. The first kappa shape index (κ1) is 23.3. The Morgan fingerprint density at radius 2 is 1.85 bits per heavy atom. The molecule has 3 aromatic rings. The van der Waals surface area contributed by atoms with Gasteiger partial charge in [-0.25, -0.2) is 0 Å². The van der Waals surface area contributed by atoms with Gasteiger partial charge in [0, 0.05) is 12.3 Å². The lowest BCUT2D eigenvalue weighted by molar-refractivity contribution is -0.384. The third-order valence-electron chi connectivity index (χ3n) is 4.30. The summed E-state index contributed by atoms with van der Waals surface area (Å²) in [6.07, 6.45) is 5.30. The molecule has 9 nitrogen and oxygen atoms in total. The third kappa shape index (κ3) is 7.06. The molecule has 1 N–H and O–H groups in total. The SMILES string of the molecule is CCOc1cc(/C=C/C(=O)Nc2ccncc2[N+](=O)[O-])ccc1OCCOc1ccccc1. The zero-order chi connectivity index (χ0) is 23.5. The van der Waals surface area contributed by atoms with Gasteiger partial charge in [-0.1, -0.05) is 24.3 Å². The van der Waals surface area contributed by atoms with Gasteiger partial charge in [-0.3, -0.25) is 19.9 Å². The van der Waals surface area contributed by atoms with Crippen molar-refractivity contribution in [3.05, 3.63) is 88.7 Å². The van der Waals surface area contributed by atoms with Crippen molar-refractivity contribution in [1.82, 2.24) is 4.98 Å². The number of nitrogens with one attached hydrogen (secondary N) is 1. The number of rotatable bonds is 11. The summed E-state index contributed by atoms with van der Waals surface area (Å²) >= 11 is 0. The molecule has 0 radical (unpaired) electrons. The minimum Gasteiger partial charge on any atom is -0.490 e. The van der Waals surface area contributed by atoms with Crippen LogP contribution in [0.2, 0.25) is 0 Å². The van der Waals surface area contributed by atoms with Gasteiger partial charge in [0.25, 0.3) is 0 Å². The number of aromatic nitrogens is 1. The Labute approximate surface area is 190 Å². The second-order valence-corrected chi connectivity index (χ2v) is 6.62. The molecule has 3 rings (SSSR count). The van der Waals surface area contributed by atoms with Crippen LogP contribution in [0.25, 0.3) is 6.08 Å². The van der Waals surface area contributed by atoms with E-state index in [1.807, 2.05) is 37.3 Å². The summed E-state index contributed by atoms with van der Waals surface area (Å²) in [7, 11) is 0. The quantitative estimate of drug-likeness (QED) is 0.198. The molecule has 0 spiro atoms. The number of hydrogen-bond donors (Lipinski definition) is 1. The van der Waals surface area contributed by atoms with Crippen molar-refractivity contribution in [3.63, 3.8) is 0 Å². The second kappa shape index (κ2) is 11.8. The zero-order valence-electron chi connectivity index (χ0n) is 18.0. The minimum absolute atomic E-state index is 0.0705. The van der Waals surface area contributed by atoms with Gasteiger partial charge in [-0.2, -0.15) is 0 Å². The number of amides is 1. The predicted octanol–water partition coefficient (Wildman–Crippen LogP) is 4.50. The molecule has 1 heterocycles. The molecule has 0 saturated heterocycles. The van der Waals surface area contributed by atoms with Crippen LogP contribution in [-0.4, -0.2) is 35.6 Å². The molecule has 0 aliphatic rings. The van der Waals surface area contributed by atoms with Crippen molar-refractivity contribution in [3.8, 4) is 17.2 Å². The smallest absolute Gasteiger partial charge is 0.310 e. The van der Waals surface area contributed by atoms with Gasteiger partial charge in [-0.05, 0) is 48.9 Å². The molecule has 0 saturated carbocycles. The Morgan fingerprint density at radius 1 is 1.06 bits per heavy atom. The van der Waals surface area contributed by atoms with Crippen molar-refractivity contribution >= 4 is 23.4 Å². The lowest BCUT2D eigenvalue weighted by Gasteiger charge is -2.13. The first-order chi connectivity index (χ1) is 16.1. The average Bonchev–Trinajstić information content (AvgIpc) is 2.82. The van der Waals surface area contributed by atoms with E-state index in [9.17, 15) is 14.9 Å². The maximum absolute atomic E-state index is 12.2. The van der Waals surface area contributed by atoms with Gasteiger partial charge in [0.2, 0.25) is 5.91 Å². The lowest BCUT2D eigenvalue weighted by atomic mass is 10.2. The molecule has 9 heteroatoms. The fourth-order valence-corrected chi connectivity index (χ4v) is 2.83. The van der Waals surface area contributed by atoms with Crippen LogP contribution in [0.15, 0.2) is 73.1 Å². The number of anilines is 1. The molecule has 0 fully saturated rings. The number of carbonyl (C=O) groups is 1. The van der Waals surface area contributed by atoms with Crippen LogP contribution < -0.4 is 19.5 Å². The number of nitro groups is 1. The molecule has 0 aliphatic carbocycles. The highest BCUT2D eigenvalue weighted by Gasteiger charge is 2.14. The Morgan fingerprint density at radius 3 is 2.61 bits per heavy atom. The van der Waals surface area contributed by atoms with Crippen molar-refractivity contribution in [2.24, 2.45) is 0 Å². The highest BCUT2D eigenvalue weighted by atomic mass is 16.6. The van der Waals surface area contributed by atoms with Crippen LogP contribution in [0.1, 0.15) is 12.5 Å². The molecule has 0 bridgehead atoms. The largest absolute Gasteiger partial charge is 0.490 e. The molecular formula is C24H23N3O6. The van der Waals surface area contributed by atoms with Crippen LogP contribution in [0, 0.1) is 10.1 Å². The number of benzene rings is 2. The fraction of sp³-hybridized carbons (Fsp3) is 0.167. The van der Waals surface area contributed by atoms with Crippen molar-refractivity contribution < 1.29 is 23.9 Å². The zero-order valence-corrected chi connectivity index (χ0v) is 18.0. The lowest BCUT2D eigenvalue weighted by Crippen LogP contribution is -2.10. The van der Waals surface area contributed by atoms with Crippen LogP contribution in [0.5, 0.6) is 17.2 Å². The summed E-state index contributed by atoms with van der Waals surface area (Å²) in [6.45, 7) is 3.01. The molecule has 1 amide bonds. The number of hydrogen-bond acceptors (Lipinski definition) is 7. The molecule has 33 heavy (non-hydrogen) atoms. The molecule has 0 atom stereocenters. The minimum atomic E-state index is -0.607. The van der Waals surface area contributed by atoms with Gasteiger partial charge in [0.15, 0.2) is 11.5 Å². The Balaban J connectivity index is 1.60. The summed E-state index contributed by atoms with van der Waals surface area (Å²) < 4.78 is 17.1. The molecular weight excluding hydrogens is 426 g/mol. The van der Waals surface area contributed by atoms with E-state index in [1.54, 1.807) is 24.3 Å². The van der Waals surface area contributed by atoms with Crippen LogP contribution in [0.3, 0.4) is 0 Å². The van der Waals surface area contributed by atoms with E-state index in [-0.39, 0.29) is 11.4 Å². The Kier molecular flexibility index (Phi) is 8.35. The van der Waals surface area contributed by atoms with E-state index >= 15 is 0 Å². The number of ether oxygens (including phenoxy) is 3. The monoisotopic (exact) mass is 449 g/mol. The molecule has 170 valence electrons. The van der Waals surface area contributed by atoms with E-state index in [2.05, 4.69) is 10.3 Å². The molecule has 0 unspecified atom stereocenters. The van der Waals surface area contributed by atoms with Gasteiger partial charge in [0.05, 0.1) is 11.5 Å². The summed E-state index contributed by atoms with van der Waals surface area (Å²) in [6, 6.07) is 16.1. The van der Waals surface area contributed by atoms with Crippen molar-refractivity contribution in [2.45, 2.75) is 6.92 Å². The van der Waals surface area contributed by atoms with E-state index in [1.165, 1.54) is 18.3 Å².